The van der Waals surface area contributed by atoms with Crippen molar-refractivity contribution in [2.75, 3.05) is 14.2 Å². The summed E-state index contributed by atoms with van der Waals surface area (Å²) in [6.07, 6.45) is 7.52. The molecule has 0 heterocycles. The summed E-state index contributed by atoms with van der Waals surface area (Å²) in [6, 6.07) is 5.94. The quantitative estimate of drug-likeness (QED) is 0.751. The number of benzene rings is 1. The van der Waals surface area contributed by atoms with Crippen LogP contribution in [0.1, 0.15) is 25.3 Å². The van der Waals surface area contributed by atoms with Crippen LogP contribution in [0.3, 0.4) is 0 Å². The zero-order chi connectivity index (χ0) is 13.4. The lowest BCUT2D eigenvalue weighted by Gasteiger charge is -2.15. The SMILES string of the molecule is C#CC(CCC)NCc1cccc(OC)c1OC. The summed E-state index contributed by atoms with van der Waals surface area (Å²) in [5.74, 6) is 4.26. The van der Waals surface area contributed by atoms with E-state index in [2.05, 4.69) is 18.2 Å². The molecule has 0 radical (unpaired) electrons. The molecule has 98 valence electrons. The first-order chi connectivity index (χ1) is 8.76. The number of rotatable bonds is 7. The Hall–Kier alpha value is -1.66. The number of terminal acetylenes is 1. The minimum absolute atomic E-state index is 0.103. The molecule has 18 heavy (non-hydrogen) atoms. The van der Waals surface area contributed by atoms with E-state index in [1.165, 1.54) is 0 Å². The molecule has 0 fully saturated rings. The molecule has 0 aliphatic heterocycles. The Morgan fingerprint density at radius 2 is 2.11 bits per heavy atom. The number of nitrogens with one attached hydrogen (secondary N) is 1. The Morgan fingerprint density at radius 1 is 1.33 bits per heavy atom. The van der Waals surface area contributed by atoms with E-state index in [0.717, 1.165) is 29.9 Å². The zero-order valence-electron chi connectivity index (χ0n) is 11.3. The zero-order valence-corrected chi connectivity index (χ0v) is 11.3. The summed E-state index contributed by atoms with van der Waals surface area (Å²) in [7, 11) is 3.28. The van der Waals surface area contributed by atoms with Crippen molar-refractivity contribution in [3.05, 3.63) is 23.8 Å². The number of hydrogen-bond donors (Lipinski definition) is 1. The Kier molecular flexibility index (Phi) is 6.10. The molecular formula is C15H21NO2. The van der Waals surface area contributed by atoms with Crippen LogP contribution in [0, 0.1) is 12.3 Å². The van der Waals surface area contributed by atoms with Crippen LogP contribution in [0.2, 0.25) is 0 Å². The van der Waals surface area contributed by atoms with Gasteiger partial charge in [-0.15, -0.1) is 6.42 Å². The highest BCUT2D eigenvalue weighted by Gasteiger charge is 2.10. The van der Waals surface area contributed by atoms with Gasteiger partial charge in [0.25, 0.3) is 0 Å². The molecule has 0 amide bonds. The summed E-state index contributed by atoms with van der Waals surface area (Å²) < 4.78 is 10.6. The van der Waals surface area contributed by atoms with Gasteiger partial charge in [-0.25, -0.2) is 0 Å². The maximum atomic E-state index is 5.48. The minimum atomic E-state index is 0.103. The van der Waals surface area contributed by atoms with Crippen LogP contribution in [0.4, 0.5) is 0 Å². The second-order valence-electron chi connectivity index (χ2n) is 4.04. The van der Waals surface area contributed by atoms with Gasteiger partial charge in [0.2, 0.25) is 0 Å². The van der Waals surface area contributed by atoms with Crippen LogP contribution in [-0.4, -0.2) is 20.3 Å². The first-order valence-corrected chi connectivity index (χ1v) is 6.16. The van der Waals surface area contributed by atoms with Crippen LogP contribution < -0.4 is 14.8 Å². The highest BCUT2D eigenvalue weighted by molar-refractivity contribution is 5.46. The van der Waals surface area contributed by atoms with Crippen LogP contribution in [0.15, 0.2) is 18.2 Å². The summed E-state index contributed by atoms with van der Waals surface area (Å²) in [5.41, 5.74) is 1.05. The number of methoxy groups -OCH3 is 2. The highest BCUT2D eigenvalue weighted by atomic mass is 16.5. The largest absolute Gasteiger partial charge is 0.493 e. The molecule has 1 aromatic rings. The van der Waals surface area contributed by atoms with Gasteiger partial charge in [-0.05, 0) is 12.5 Å². The molecule has 0 bridgehead atoms. The Labute approximate surface area is 109 Å². The monoisotopic (exact) mass is 247 g/mol. The van der Waals surface area contributed by atoms with Gasteiger partial charge in [-0.2, -0.15) is 0 Å². The van der Waals surface area contributed by atoms with Crippen LogP contribution in [0.5, 0.6) is 11.5 Å². The van der Waals surface area contributed by atoms with E-state index in [1.807, 2.05) is 18.2 Å². The van der Waals surface area contributed by atoms with Gasteiger partial charge in [0, 0.05) is 12.1 Å². The van der Waals surface area contributed by atoms with Crippen molar-refractivity contribution < 1.29 is 9.47 Å². The summed E-state index contributed by atoms with van der Waals surface area (Å²) in [4.78, 5) is 0. The smallest absolute Gasteiger partial charge is 0.165 e. The van der Waals surface area contributed by atoms with E-state index in [9.17, 15) is 0 Å². The van der Waals surface area contributed by atoms with Gasteiger partial charge in [-0.1, -0.05) is 31.4 Å². The van der Waals surface area contributed by atoms with Crippen molar-refractivity contribution in [1.29, 1.82) is 0 Å². The van der Waals surface area contributed by atoms with Gasteiger partial charge in [0.05, 0.1) is 20.3 Å². The first kappa shape index (κ1) is 14.4. The molecule has 0 aliphatic carbocycles. The first-order valence-electron chi connectivity index (χ1n) is 6.16. The van der Waals surface area contributed by atoms with E-state index >= 15 is 0 Å². The van der Waals surface area contributed by atoms with Gasteiger partial charge in [0.15, 0.2) is 11.5 Å². The highest BCUT2D eigenvalue weighted by Crippen LogP contribution is 2.30. The van der Waals surface area contributed by atoms with Crippen LogP contribution >= 0.6 is 0 Å². The van der Waals surface area contributed by atoms with Crippen molar-refractivity contribution in [1.82, 2.24) is 5.32 Å². The van der Waals surface area contributed by atoms with Crippen molar-refractivity contribution in [3.63, 3.8) is 0 Å². The average molecular weight is 247 g/mol. The maximum absolute atomic E-state index is 5.48. The maximum Gasteiger partial charge on any atom is 0.165 e. The molecule has 1 rings (SSSR count). The standard InChI is InChI=1S/C15H21NO2/c1-5-8-13(6-2)16-11-12-9-7-10-14(17-3)15(12)18-4/h2,7,9-10,13,16H,5,8,11H2,1,3-4H3. The predicted molar refractivity (Wildman–Crippen MR) is 73.9 cm³/mol. The van der Waals surface area contributed by atoms with Crippen molar-refractivity contribution in [2.45, 2.75) is 32.4 Å². The summed E-state index contributed by atoms with van der Waals surface area (Å²) >= 11 is 0. The lowest BCUT2D eigenvalue weighted by atomic mass is 10.1. The molecule has 0 saturated heterocycles. The van der Waals surface area contributed by atoms with Crippen LogP contribution in [-0.2, 0) is 6.54 Å². The molecule has 3 nitrogen and oxygen atoms in total. The van der Waals surface area contributed by atoms with E-state index in [1.54, 1.807) is 14.2 Å². The molecule has 1 unspecified atom stereocenters. The van der Waals surface area contributed by atoms with E-state index in [-0.39, 0.29) is 6.04 Å². The molecule has 1 aromatic carbocycles. The third-order valence-electron chi connectivity index (χ3n) is 2.80. The molecule has 0 aliphatic rings. The fourth-order valence-corrected chi connectivity index (χ4v) is 1.86. The lowest BCUT2D eigenvalue weighted by Crippen LogP contribution is -2.27. The molecule has 3 heteroatoms. The van der Waals surface area contributed by atoms with Crippen LogP contribution in [0.25, 0.3) is 0 Å². The third kappa shape index (κ3) is 3.68. The van der Waals surface area contributed by atoms with Gasteiger partial charge in [0.1, 0.15) is 0 Å². The molecule has 1 atom stereocenters. The number of hydrogen-bond acceptors (Lipinski definition) is 3. The predicted octanol–water partition coefficient (Wildman–Crippen LogP) is 2.60. The molecule has 0 spiro atoms. The lowest BCUT2D eigenvalue weighted by molar-refractivity contribution is 0.350. The molecular weight excluding hydrogens is 226 g/mol. The number of ether oxygens (including phenoxy) is 2. The molecule has 0 aromatic heterocycles. The molecule has 0 saturated carbocycles. The fraction of sp³-hybridized carbons (Fsp3) is 0.467. The number of para-hydroxylation sites is 1. The molecule has 1 N–H and O–H groups in total. The second kappa shape index (κ2) is 7.62. The Balaban J connectivity index is 2.75. The fourth-order valence-electron chi connectivity index (χ4n) is 1.86. The normalized spacial score (nSPS) is 11.7. The van der Waals surface area contributed by atoms with Crippen molar-refractivity contribution in [3.8, 4) is 23.8 Å². The van der Waals surface area contributed by atoms with E-state index in [0.29, 0.717) is 6.54 Å². The van der Waals surface area contributed by atoms with Gasteiger partial charge >= 0.3 is 0 Å². The topological polar surface area (TPSA) is 30.5 Å². The van der Waals surface area contributed by atoms with Crippen molar-refractivity contribution in [2.24, 2.45) is 0 Å². The van der Waals surface area contributed by atoms with E-state index in [4.69, 9.17) is 15.9 Å². The van der Waals surface area contributed by atoms with E-state index < -0.39 is 0 Å². The Morgan fingerprint density at radius 3 is 2.67 bits per heavy atom. The van der Waals surface area contributed by atoms with Gasteiger partial charge < -0.3 is 9.47 Å². The van der Waals surface area contributed by atoms with Crippen molar-refractivity contribution >= 4 is 0 Å². The average Bonchev–Trinajstić information content (AvgIpc) is 2.42. The third-order valence-corrected chi connectivity index (χ3v) is 2.80. The minimum Gasteiger partial charge on any atom is -0.493 e. The summed E-state index contributed by atoms with van der Waals surface area (Å²) in [5, 5.41) is 3.34. The van der Waals surface area contributed by atoms with Gasteiger partial charge in [-0.3, -0.25) is 5.32 Å². The second-order valence-corrected chi connectivity index (χ2v) is 4.04. The Bertz CT molecular complexity index is 409. The summed E-state index contributed by atoms with van der Waals surface area (Å²) in [6.45, 7) is 2.80.